The van der Waals surface area contributed by atoms with Crippen LogP contribution < -0.4 is 10.1 Å². The highest BCUT2D eigenvalue weighted by molar-refractivity contribution is 6.02. The molecule has 5 nitrogen and oxygen atoms in total. The van der Waals surface area contributed by atoms with Crippen molar-refractivity contribution in [3.8, 4) is 5.75 Å². The topological polar surface area (TPSA) is 56.2 Å². The highest BCUT2D eigenvalue weighted by atomic mass is 19.4. The number of aryl methyl sites for hydroxylation is 1. The van der Waals surface area contributed by atoms with Gasteiger partial charge in [-0.15, -0.1) is 0 Å². The molecule has 0 fully saturated rings. The quantitative estimate of drug-likeness (QED) is 0.353. The van der Waals surface area contributed by atoms with Gasteiger partial charge in [0.2, 0.25) is 5.91 Å². The summed E-state index contributed by atoms with van der Waals surface area (Å²) in [5.41, 5.74) is 1.83. The highest BCUT2D eigenvalue weighted by Crippen LogP contribution is 2.30. The van der Waals surface area contributed by atoms with E-state index in [1.165, 1.54) is 47.2 Å². The number of nitrogens with zero attached hydrogens (tertiary/aromatic N) is 2. The van der Waals surface area contributed by atoms with Gasteiger partial charge in [-0.2, -0.15) is 27.1 Å². The lowest BCUT2D eigenvalue weighted by atomic mass is 10.1. The molecule has 33 heavy (non-hydrogen) atoms. The Bertz CT molecular complexity index is 1150. The third kappa shape index (κ3) is 6.41. The number of amides is 1. The Kier molecular flexibility index (Phi) is 7.15. The average Bonchev–Trinajstić information content (AvgIpc) is 3.00. The first-order valence-electron chi connectivity index (χ1n) is 9.77. The van der Waals surface area contributed by atoms with Gasteiger partial charge in [-0.05, 0) is 55.3 Å². The molecule has 0 radical (unpaired) electrons. The maximum Gasteiger partial charge on any atom is 0.416 e. The molecule has 0 aliphatic rings. The van der Waals surface area contributed by atoms with Crippen molar-refractivity contribution in [2.24, 2.45) is 0 Å². The number of nitrogens with one attached hydrogen (secondary N) is 1. The number of aromatic nitrogens is 2. The summed E-state index contributed by atoms with van der Waals surface area (Å²) in [7, 11) is 0. The molecule has 0 unspecified atom stereocenters. The zero-order valence-corrected chi connectivity index (χ0v) is 17.7. The maximum atomic E-state index is 12.9. The summed E-state index contributed by atoms with van der Waals surface area (Å²) < 4.78 is 69.0. The summed E-state index contributed by atoms with van der Waals surface area (Å²) >= 11 is 0. The van der Waals surface area contributed by atoms with Crippen molar-refractivity contribution in [1.82, 2.24) is 9.78 Å². The first kappa shape index (κ1) is 24.0. The van der Waals surface area contributed by atoms with Crippen molar-refractivity contribution in [3.63, 3.8) is 0 Å². The van der Waals surface area contributed by atoms with Gasteiger partial charge < -0.3 is 10.1 Å². The molecular weight excluding hydrogens is 445 g/mol. The number of rotatable bonds is 7. The van der Waals surface area contributed by atoms with E-state index in [2.05, 4.69) is 15.2 Å². The third-order valence-corrected chi connectivity index (χ3v) is 4.75. The van der Waals surface area contributed by atoms with Gasteiger partial charge in [-0.3, -0.25) is 9.48 Å². The van der Waals surface area contributed by atoms with Crippen LogP contribution in [0.1, 0.15) is 28.1 Å². The number of ether oxygens (including phenoxy) is 1. The molecule has 10 heteroatoms. The first-order valence-corrected chi connectivity index (χ1v) is 9.77. The van der Waals surface area contributed by atoms with Crippen molar-refractivity contribution >= 4 is 17.7 Å². The Labute approximate surface area is 186 Å². The third-order valence-electron chi connectivity index (χ3n) is 4.75. The summed E-state index contributed by atoms with van der Waals surface area (Å²) in [6.07, 6.45) is -1.67. The van der Waals surface area contributed by atoms with E-state index in [0.29, 0.717) is 28.2 Å². The van der Waals surface area contributed by atoms with Gasteiger partial charge in [0.15, 0.2) is 0 Å². The average molecular weight is 465 g/mol. The van der Waals surface area contributed by atoms with E-state index in [1.807, 2.05) is 0 Å². The second-order valence-corrected chi connectivity index (χ2v) is 7.17. The van der Waals surface area contributed by atoms with Crippen LogP contribution in [0.15, 0.2) is 54.6 Å². The summed E-state index contributed by atoms with van der Waals surface area (Å²) in [6, 6.07) is 10.7. The number of carbonyl (C=O) groups excluding carboxylic acids is 1. The molecule has 0 atom stereocenters. The predicted octanol–water partition coefficient (Wildman–Crippen LogP) is 5.82. The minimum absolute atomic E-state index is 0.00559. The van der Waals surface area contributed by atoms with E-state index < -0.39 is 24.3 Å². The fraction of sp³-hybridized carbons (Fsp3) is 0.217. The number of anilines is 1. The van der Waals surface area contributed by atoms with Crippen molar-refractivity contribution in [1.29, 1.82) is 0 Å². The molecule has 0 aliphatic heterocycles. The lowest BCUT2D eigenvalue weighted by molar-refractivity contribution is -0.137. The molecule has 174 valence electrons. The van der Waals surface area contributed by atoms with E-state index in [9.17, 15) is 26.7 Å². The number of halogens is 5. The highest BCUT2D eigenvalue weighted by Gasteiger charge is 2.30. The van der Waals surface area contributed by atoms with Gasteiger partial charge in [0.05, 0.1) is 29.2 Å². The summed E-state index contributed by atoms with van der Waals surface area (Å²) in [5.74, 6) is -0.446. The van der Waals surface area contributed by atoms with Crippen molar-refractivity contribution in [3.05, 3.63) is 82.7 Å². The molecule has 3 rings (SSSR count). The van der Waals surface area contributed by atoms with Gasteiger partial charge in [-0.25, -0.2) is 0 Å². The van der Waals surface area contributed by atoms with Crippen LogP contribution in [0.3, 0.4) is 0 Å². The van der Waals surface area contributed by atoms with Gasteiger partial charge in [0, 0.05) is 6.08 Å². The Morgan fingerprint density at radius 2 is 1.85 bits per heavy atom. The zero-order valence-electron chi connectivity index (χ0n) is 17.7. The minimum Gasteiger partial charge on any atom is -0.435 e. The molecular formula is C23H20F5N3O2. The van der Waals surface area contributed by atoms with Gasteiger partial charge >= 0.3 is 12.8 Å². The summed E-state index contributed by atoms with van der Waals surface area (Å²) in [4.78, 5) is 12.3. The van der Waals surface area contributed by atoms with E-state index in [0.717, 1.165) is 12.1 Å². The number of hydrogen-bond donors (Lipinski definition) is 1. The van der Waals surface area contributed by atoms with Crippen molar-refractivity contribution in [2.45, 2.75) is 33.2 Å². The molecule has 0 bridgehead atoms. The second-order valence-electron chi connectivity index (χ2n) is 7.17. The van der Waals surface area contributed by atoms with Crippen LogP contribution in [0.5, 0.6) is 5.75 Å². The maximum absolute atomic E-state index is 12.9. The second kappa shape index (κ2) is 9.85. The molecule has 1 heterocycles. The Morgan fingerprint density at radius 1 is 1.15 bits per heavy atom. The smallest absolute Gasteiger partial charge is 0.416 e. The van der Waals surface area contributed by atoms with Crippen LogP contribution in [0, 0.1) is 13.8 Å². The standard InChI is InChI=1S/C23H20F5N3O2/c1-14-21(29-20(32)11-8-16-6-9-19(10-7-16)33-22(24)25)15(2)31(30-14)13-17-4-3-5-18(12-17)23(26,27)28/h3-12,22H,13H2,1-2H3,(H,29,32)/b11-8-. The zero-order chi connectivity index (χ0) is 24.2. The number of benzene rings is 2. The van der Waals surface area contributed by atoms with Crippen LogP contribution in [-0.4, -0.2) is 22.3 Å². The molecule has 1 amide bonds. The largest absolute Gasteiger partial charge is 0.435 e. The van der Waals surface area contributed by atoms with E-state index >= 15 is 0 Å². The monoisotopic (exact) mass is 465 g/mol. The number of carbonyl (C=O) groups is 1. The van der Waals surface area contributed by atoms with Crippen LogP contribution >= 0.6 is 0 Å². The first-order chi connectivity index (χ1) is 15.5. The van der Waals surface area contributed by atoms with Gasteiger partial charge in [-0.1, -0.05) is 24.3 Å². The number of hydrogen-bond acceptors (Lipinski definition) is 3. The van der Waals surface area contributed by atoms with E-state index in [-0.39, 0.29) is 12.3 Å². The fourth-order valence-electron chi connectivity index (χ4n) is 3.15. The van der Waals surface area contributed by atoms with Gasteiger partial charge in [0.1, 0.15) is 5.75 Å². The van der Waals surface area contributed by atoms with Crippen LogP contribution in [0.2, 0.25) is 0 Å². The van der Waals surface area contributed by atoms with E-state index in [1.54, 1.807) is 19.9 Å². The van der Waals surface area contributed by atoms with Crippen LogP contribution in [-0.2, 0) is 17.5 Å². The Balaban J connectivity index is 1.68. The normalized spacial score (nSPS) is 11.9. The SMILES string of the molecule is Cc1nn(Cc2cccc(C(F)(F)F)c2)c(C)c1NC(=O)/C=C\c1ccc(OC(F)F)cc1. The Morgan fingerprint density at radius 3 is 2.48 bits per heavy atom. The Hall–Kier alpha value is -3.69. The molecule has 0 saturated heterocycles. The van der Waals surface area contributed by atoms with Crippen molar-refractivity contribution < 1.29 is 31.5 Å². The molecule has 0 aliphatic carbocycles. The lowest BCUT2D eigenvalue weighted by Gasteiger charge is -2.10. The fourth-order valence-corrected chi connectivity index (χ4v) is 3.15. The minimum atomic E-state index is -4.44. The molecule has 3 aromatic rings. The summed E-state index contributed by atoms with van der Waals surface area (Å²) in [5, 5.41) is 7.04. The molecule has 2 aromatic carbocycles. The summed E-state index contributed by atoms with van der Waals surface area (Å²) in [6.45, 7) is 0.568. The molecule has 1 aromatic heterocycles. The van der Waals surface area contributed by atoms with E-state index in [4.69, 9.17) is 0 Å². The predicted molar refractivity (Wildman–Crippen MR) is 113 cm³/mol. The van der Waals surface area contributed by atoms with Crippen molar-refractivity contribution in [2.75, 3.05) is 5.32 Å². The number of alkyl halides is 5. The molecule has 0 spiro atoms. The van der Waals surface area contributed by atoms with Crippen LogP contribution in [0.25, 0.3) is 6.08 Å². The van der Waals surface area contributed by atoms with Crippen LogP contribution in [0.4, 0.5) is 27.6 Å². The molecule has 0 saturated carbocycles. The van der Waals surface area contributed by atoms with Gasteiger partial charge in [0.25, 0.3) is 0 Å². The molecule has 1 N–H and O–H groups in total. The lowest BCUT2D eigenvalue weighted by Crippen LogP contribution is -2.10.